The Balaban J connectivity index is 0.000000134. The molecule has 0 amide bonds. The molecule has 1 heterocycles. The Morgan fingerprint density at radius 1 is 0.963 bits per heavy atom. The molecule has 3 atom stereocenters. The van der Waals surface area contributed by atoms with Gasteiger partial charge in [-0.1, -0.05) is 48.5 Å². The first-order chi connectivity index (χ1) is 13.0. The molecule has 1 aliphatic heterocycles. The highest BCUT2D eigenvalue weighted by molar-refractivity contribution is 6.03. The number of Topliss-reactive ketones (excluding diaryl/α,β-unsaturated/α-hetero) is 1. The van der Waals surface area contributed by atoms with Gasteiger partial charge < -0.3 is 9.84 Å². The molecule has 2 aromatic carbocycles. The van der Waals surface area contributed by atoms with Crippen LogP contribution in [0.2, 0.25) is 0 Å². The molecule has 0 bridgehead atoms. The minimum Gasteiger partial charge on any atom is -0.481 e. The zero-order valence-corrected chi connectivity index (χ0v) is 14.8. The van der Waals surface area contributed by atoms with Gasteiger partial charge in [0.2, 0.25) is 0 Å². The molecule has 2 aromatic rings. The summed E-state index contributed by atoms with van der Waals surface area (Å²) in [5.74, 6) is -0.918. The summed E-state index contributed by atoms with van der Waals surface area (Å²) in [6.07, 6.45) is 2.17. The third-order valence-electron chi connectivity index (χ3n) is 5.50. The second kappa shape index (κ2) is 6.99. The third-order valence-corrected chi connectivity index (χ3v) is 5.50. The minimum absolute atomic E-state index is 0.0250. The monoisotopic (exact) mass is 364 g/mol. The molecule has 27 heavy (non-hydrogen) atoms. The number of esters is 1. The van der Waals surface area contributed by atoms with E-state index in [9.17, 15) is 14.4 Å². The van der Waals surface area contributed by atoms with Crippen LogP contribution in [0, 0.1) is 11.8 Å². The van der Waals surface area contributed by atoms with E-state index < -0.39 is 5.97 Å². The van der Waals surface area contributed by atoms with E-state index in [1.807, 2.05) is 24.3 Å². The molecular formula is C22H20O5. The molecule has 1 fully saturated rings. The predicted molar refractivity (Wildman–Crippen MR) is 97.3 cm³/mol. The summed E-state index contributed by atoms with van der Waals surface area (Å²) in [6.45, 7) is 0. The average molecular weight is 364 g/mol. The van der Waals surface area contributed by atoms with Crippen molar-refractivity contribution in [2.24, 2.45) is 11.8 Å². The van der Waals surface area contributed by atoms with E-state index in [0.717, 1.165) is 12.0 Å². The van der Waals surface area contributed by atoms with Crippen molar-refractivity contribution in [1.29, 1.82) is 0 Å². The maximum absolute atomic E-state index is 11.7. The van der Waals surface area contributed by atoms with E-state index in [1.54, 1.807) is 12.1 Å². The number of hydrogen-bond acceptors (Lipinski definition) is 4. The minimum atomic E-state index is -0.906. The number of carboxylic acid groups (broad SMARTS) is 1. The summed E-state index contributed by atoms with van der Waals surface area (Å²) >= 11 is 0. The molecule has 0 radical (unpaired) electrons. The fourth-order valence-corrected chi connectivity index (χ4v) is 4.28. The number of hydrogen-bond donors (Lipinski definition) is 1. The van der Waals surface area contributed by atoms with Crippen molar-refractivity contribution in [3.8, 4) is 0 Å². The van der Waals surface area contributed by atoms with Gasteiger partial charge in [0.05, 0.1) is 12.8 Å². The van der Waals surface area contributed by atoms with E-state index in [0.29, 0.717) is 24.3 Å². The van der Waals surface area contributed by atoms with Crippen LogP contribution >= 0.6 is 0 Å². The van der Waals surface area contributed by atoms with Crippen molar-refractivity contribution in [3.63, 3.8) is 0 Å². The first-order valence-electron chi connectivity index (χ1n) is 9.14. The van der Waals surface area contributed by atoms with Gasteiger partial charge in [0.1, 0.15) is 6.10 Å². The van der Waals surface area contributed by atoms with Crippen molar-refractivity contribution < 1.29 is 24.2 Å². The highest BCUT2D eigenvalue weighted by atomic mass is 16.6. The lowest BCUT2D eigenvalue weighted by Crippen LogP contribution is -2.13. The average Bonchev–Trinajstić information content (AvgIpc) is 3.26. The van der Waals surface area contributed by atoms with Gasteiger partial charge in [-0.15, -0.1) is 0 Å². The Hall–Kier alpha value is -2.95. The van der Waals surface area contributed by atoms with Gasteiger partial charge in [0.25, 0.3) is 0 Å². The molecule has 1 saturated heterocycles. The van der Waals surface area contributed by atoms with Crippen LogP contribution in [0.4, 0.5) is 0 Å². The van der Waals surface area contributed by atoms with E-state index in [1.165, 1.54) is 11.1 Å². The molecule has 5 rings (SSSR count). The standard InChI is InChI=1S/C11H10O3.C11H10O2/c12-10(13)6-8-5-7-3-1-2-4-9(7)11(8)14;12-10-6-8-5-7-3-1-2-4-9(7)11(8)13-10/h1-4,8H,5-6H2,(H,12,13);1-4,8,11H,5-6H2. The lowest BCUT2D eigenvalue weighted by atomic mass is 10.0. The second-order valence-electron chi connectivity index (χ2n) is 7.30. The number of rotatable bonds is 2. The van der Waals surface area contributed by atoms with Gasteiger partial charge in [-0.05, 0) is 29.5 Å². The summed E-state index contributed by atoms with van der Waals surface area (Å²) in [7, 11) is 0. The highest BCUT2D eigenvalue weighted by Gasteiger charge is 2.41. The van der Waals surface area contributed by atoms with Crippen LogP contribution in [0.5, 0.6) is 0 Å². The first kappa shape index (κ1) is 17.5. The maximum atomic E-state index is 11.7. The summed E-state index contributed by atoms with van der Waals surface area (Å²) in [6, 6.07) is 15.6. The fraction of sp³-hybridized carbons (Fsp3) is 0.318. The normalized spacial score (nSPS) is 24.4. The molecule has 5 nitrogen and oxygen atoms in total. The van der Waals surface area contributed by atoms with Crippen molar-refractivity contribution in [2.75, 3.05) is 0 Å². The van der Waals surface area contributed by atoms with E-state index in [-0.39, 0.29) is 30.2 Å². The van der Waals surface area contributed by atoms with Crippen molar-refractivity contribution in [3.05, 3.63) is 70.8 Å². The zero-order valence-electron chi connectivity index (χ0n) is 14.8. The van der Waals surface area contributed by atoms with Gasteiger partial charge >= 0.3 is 11.9 Å². The summed E-state index contributed by atoms with van der Waals surface area (Å²) < 4.78 is 5.27. The van der Waals surface area contributed by atoms with E-state index in [4.69, 9.17) is 9.84 Å². The molecule has 3 unspecified atom stereocenters. The van der Waals surface area contributed by atoms with Crippen molar-refractivity contribution in [2.45, 2.75) is 31.8 Å². The van der Waals surface area contributed by atoms with E-state index in [2.05, 4.69) is 12.1 Å². The van der Waals surface area contributed by atoms with Crippen LogP contribution in [0.25, 0.3) is 0 Å². The van der Waals surface area contributed by atoms with E-state index >= 15 is 0 Å². The third kappa shape index (κ3) is 3.37. The first-order valence-corrected chi connectivity index (χ1v) is 9.14. The van der Waals surface area contributed by atoms with Crippen LogP contribution in [-0.4, -0.2) is 22.8 Å². The van der Waals surface area contributed by atoms with Gasteiger partial charge in [-0.3, -0.25) is 14.4 Å². The number of carboxylic acids is 1. The number of carbonyl (C=O) groups excluding carboxylic acids is 2. The lowest BCUT2D eigenvalue weighted by molar-refractivity contribution is -0.141. The Morgan fingerprint density at radius 3 is 2.41 bits per heavy atom. The molecule has 3 aliphatic rings. The maximum Gasteiger partial charge on any atom is 0.306 e. The van der Waals surface area contributed by atoms with Gasteiger partial charge in [-0.2, -0.15) is 0 Å². The molecule has 0 spiro atoms. The number of carbonyl (C=O) groups is 3. The van der Waals surface area contributed by atoms with Crippen LogP contribution in [0.3, 0.4) is 0 Å². The van der Waals surface area contributed by atoms with Crippen LogP contribution in [-0.2, 0) is 27.2 Å². The Labute approximate surface area is 157 Å². The van der Waals surface area contributed by atoms with Crippen molar-refractivity contribution in [1.82, 2.24) is 0 Å². The highest BCUT2D eigenvalue weighted by Crippen LogP contribution is 2.44. The van der Waals surface area contributed by atoms with Gasteiger partial charge in [0, 0.05) is 17.4 Å². The zero-order chi connectivity index (χ0) is 19.0. The Morgan fingerprint density at radius 2 is 1.67 bits per heavy atom. The molecule has 1 N–H and O–H groups in total. The number of aliphatic carboxylic acids is 1. The van der Waals surface area contributed by atoms with Crippen LogP contribution < -0.4 is 0 Å². The topological polar surface area (TPSA) is 80.7 Å². The van der Waals surface area contributed by atoms with Crippen LogP contribution in [0.1, 0.15) is 46.0 Å². The number of ether oxygens (including phenoxy) is 1. The molecule has 138 valence electrons. The smallest absolute Gasteiger partial charge is 0.306 e. The second-order valence-corrected chi connectivity index (χ2v) is 7.30. The summed E-state index contributed by atoms with van der Waals surface area (Å²) in [5.41, 5.74) is 4.24. The quantitative estimate of drug-likeness (QED) is 0.827. The molecule has 2 aliphatic carbocycles. The number of ketones is 1. The molecule has 0 saturated carbocycles. The lowest BCUT2D eigenvalue weighted by Gasteiger charge is -2.07. The predicted octanol–water partition coefficient (Wildman–Crippen LogP) is 3.36. The molecule has 0 aromatic heterocycles. The van der Waals surface area contributed by atoms with Crippen LogP contribution in [0.15, 0.2) is 48.5 Å². The Bertz CT molecular complexity index is 916. The number of benzene rings is 2. The SMILES string of the molecule is O=C(O)CC1Cc2ccccc2C1=O.O=C1CC2Cc3ccccc3C2O1. The Kier molecular flexibility index (Phi) is 4.52. The molecular weight excluding hydrogens is 344 g/mol. The fourth-order valence-electron chi connectivity index (χ4n) is 4.28. The van der Waals surface area contributed by atoms with Gasteiger partial charge in [-0.25, -0.2) is 0 Å². The van der Waals surface area contributed by atoms with Crippen molar-refractivity contribution >= 4 is 17.7 Å². The number of fused-ring (bicyclic) bond motifs is 4. The largest absolute Gasteiger partial charge is 0.481 e. The summed E-state index contributed by atoms with van der Waals surface area (Å²) in [4.78, 5) is 33.2. The van der Waals surface area contributed by atoms with Gasteiger partial charge in [0.15, 0.2) is 5.78 Å². The summed E-state index contributed by atoms with van der Waals surface area (Å²) in [5, 5.41) is 8.62. The molecule has 5 heteroatoms.